The maximum atomic E-state index is 12.5. The van der Waals surface area contributed by atoms with Crippen LogP contribution in [-0.2, 0) is 5.75 Å². The molecule has 0 aromatic heterocycles. The summed E-state index contributed by atoms with van der Waals surface area (Å²) in [6, 6.07) is 8.15. The van der Waals surface area contributed by atoms with Crippen molar-refractivity contribution in [1.29, 1.82) is 0 Å². The van der Waals surface area contributed by atoms with Gasteiger partial charge < -0.3 is 10.6 Å². The van der Waals surface area contributed by atoms with Crippen LogP contribution >= 0.6 is 24.2 Å². The minimum Gasteiger partial charge on any atom is -0.338 e. The van der Waals surface area contributed by atoms with Crippen molar-refractivity contribution in [3.8, 4) is 0 Å². The molecule has 3 nitrogen and oxygen atoms in total. The minimum absolute atomic E-state index is 0. The minimum atomic E-state index is -0.00724. The summed E-state index contributed by atoms with van der Waals surface area (Å²) in [4.78, 5) is 14.5. The van der Waals surface area contributed by atoms with Gasteiger partial charge in [-0.1, -0.05) is 26.0 Å². The molecule has 1 unspecified atom stereocenters. The van der Waals surface area contributed by atoms with Gasteiger partial charge in [0.05, 0.1) is 0 Å². The molecule has 1 aliphatic heterocycles. The van der Waals surface area contributed by atoms with Gasteiger partial charge in [-0.2, -0.15) is 11.8 Å². The number of hydrogen-bond donors (Lipinski definition) is 1. The van der Waals surface area contributed by atoms with Gasteiger partial charge in [-0.3, -0.25) is 4.79 Å². The summed E-state index contributed by atoms with van der Waals surface area (Å²) in [5.74, 6) is 1.11. The topological polar surface area (TPSA) is 46.3 Å². The summed E-state index contributed by atoms with van der Waals surface area (Å²) < 4.78 is 0. The number of hydrogen-bond acceptors (Lipinski definition) is 3. The van der Waals surface area contributed by atoms with Crippen molar-refractivity contribution in [3.63, 3.8) is 0 Å². The number of nitrogens with zero attached hydrogens (tertiary/aromatic N) is 1. The monoisotopic (exact) mass is 328 g/mol. The molecule has 0 radical (unpaired) electrons. The first-order valence-corrected chi connectivity index (χ1v) is 8.46. The number of nitrogens with two attached hydrogens (primary N) is 1. The Morgan fingerprint density at radius 1 is 1.38 bits per heavy atom. The molecule has 1 fully saturated rings. The van der Waals surface area contributed by atoms with Crippen LogP contribution in [0.3, 0.4) is 0 Å². The van der Waals surface area contributed by atoms with E-state index in [0.29, 0.717) is 0 Å². The van der Waals surface area contributed by atoms with Crippen molar-refractivity contribution in [2.75, 3.05) is 19.3 Å². The first-order chi connectivity index (χ1) is 9.44. The average molecular weight is 329 g/mol. The lowest BCUT2D eigenvalue weighted by molar-refractivity contribution is 0.0533. The van der Waals surface area contributed by atoms with Crippen LogP contribution in [0.4, 0.5) is 0 Å². The van der Waals surface area contributed by atoms with E-state index in [4.69, 9.17) is 5.73 Å². The second-order valence-electron chi connectivity index (χ2n) is 6.24. The molecule has 5 heteroatoms. The molecule has 1 aliphatic rings. The fourth-order valence-electron chi connectivity index (χ4n) is 2.64. The van der Waals surface area contributed by atoms with Crippen molar-refractivity contribution in [3.05, 3.63) is 35.4 Å². The number of likely N-dealkylation sites (tertiary alicyclic amines) is 1. The van der Waals surface area contributed by atoms with Crippen LogP contribution < -0.4 is 5.73 Å². The van der Waals surface area contributed by atoms with Gasteiger partial charge in [-0.15, -0.1) is 12.4 Å². The van der Waals surface area contributed by atoms with Gasteiger partial charge in [0.1, 0.15) is 0 Å². The molecule has 0 saturated carbocycles. The first-order valence-electron chi connectivity index (χ1n) is 7.07. The number of thioether (sulfide) groups is 1. The SMILES string of the molecule is CSCc1ccc(C(=O)N2CCC(N)C(C)(C)C2)cc1.Cl. The van der Waals surface area contributed by atoms with Crippen molar-refractivity contribution in [2.45, 2.75) is 32.1 Å². The van der Waals surface area contributed by atoms with Crippen LogP contribution in [-0.4, -0.2) is 36.2 Å². The van der Waals surface area contributed by atoms with Crippen molar-refractivity contribution < 1.29 is 4.79 Å². The molecule has 0 bridgehead atoms. The summed E-state index contributed by atoms with van der Waals surface area (Å²) in [6.07, 6.45) is 2.96. The maximum absolute atomic E-state index is 12.5. The van der Waals surface area contributed by atoms with Crippen LogP contribution in [0.25, 0.3) is 0 Å². The van der Waals surface area contributed by atoms with Gasteiger partial charge in [0, 0.05) is 30.4 Å². The highest BCUT2D eigenvalue weighted by molar-refractivity contribution is 7.97. The number of piperidine rings is 1. The normalized spacial score (nSPS) is 20.8. The molecule has 1 atom stereocenters. The molecule has 118 valence electrons. The number of rotatable bonds is 3. The summed E-state index contributed by atoms with van der Waals surface area (Å²) in [5, 5.41) is 0. The fourth-order valence-corrected chi connectivity index (χ4v) is 3.17. The van der Waals surface area contributed by atoms with E-state index in [9.17, 15) is 4.79 Å². The summed E-state index contributed by atoms with van der Waals surface area (Å²) in [5.41, 5.74) is 8.16. The molecular weight excluding hydrogens is 304 g/mol. The second kappa shape index (κ2) is 7.52. The smallest absolute Gasteiger partial charge is 0.253 e. The van der Waals surface area contributed by atoms with Crippen LogP contribution in [0.2, 0.25) is 0 Å². The number of carbonyl (C=O) groups is 1. The van der Waals surface area contributed by atoms with Gasteiger partial charge in [0.15, 0.2) is 0 Å². The van der Waals surface area contributed by atoms with Crippen LogP contribution in [0.5, 0.6) is 0 Å². The van der Waals surface area contributed by atoms with E-state index in [0.717, 1.165) is 30.8 Å². The van der Waals surface area contributed by atoms with Crippen molar-refractivity contribution in [2.24, 2.45) is 11.1 Å². The molecule has 21 heavy (non-hydrogen) atoms. The summed E-state index contributed by atoms with van der Waals surface area (Å²) >= 11 is 1.79. The Hall–Kier alpha value is -0.710. The molecule has 0 spiro atoms. The molecule has 1 aromatic carbocycles. The number of amides is 1. The van der Waals surface area contributed by atoms with Crippen LogP contribution in [0, 0.1) is 5.41 Å². The van der Waals surface area contributed by atoms with E-state index in [1.165, 1.54) is 5.56 Å². The lowest BCUT2D eigenvalue weighted by Gasteiger charge is -2.42. The highest BCUT2D eigenvalue weighted by Crippen LogP contribution is 2.28. The molecule has 0 aliphatic carbocycles. The molecule has 1 heterocycles. The van der Waals surface area contributed by atoms with E-state index < -0.39 is 0 Å². The second-order valence-corrected chi connectivity index (χ2v) is 7.11. The van der Waals surface area contributed by atoms with Gasteiger partial charge in [0.25, 0.3) is 5.91 Å². The highest BCUT2D eigenvalue weighted by atomic mass is 35.5. The number of benzene rings is 1. The third kappa shape index (κ3) is 4.38. The molecule has 1 saturated heterocycles. The van der Waals surface area contributed by atoms with E-state index in [1.54, 1.807) is 11.8 Å². The van der Waals surface area contributed by atoms with Gasteiger partial charge in [-0.25, -0.2) is 0 Å². The van der Waals surface area contributed by atoms with E-state index >= 15 is 0 Å². The van der Waals surface area contributed by atoms with Gasteiger partial charge in [0.2, 0.25) is 0 Å². The molecule has 1 amide bonds. The summed E-state index contributed by atoms with van der Waals surface area (Å²) in [7, 11) is 0. The maximum Gasteiger partial charge on any atom is 0.253 e. The zero-order chi connectivity index (χ0) is 14.8. The van der Waals surface area contributed by atoms with E-state index in [1.807, 2.05) is 29.2 Å². The quantitative estimate of drug-likeness (QED) is 0.927. The predicted octanol–water partition coefficient (Wildman–Crippen LogP) is 3.17. The zero-order valence-corrected chi connectivity index (χ0v) is 14.6. The highest BCUT2D eigenvalue weighted by Gasteiger charge is 2.35. The lowest BCUT2D eigenvalue weighted by Crippen LogP contribution is -2.53. The predicted molar refractivity (Wildman–Crippen MR) is 93.2 cm³/mol. The van der Waals surface area contributed by atoms with Crippen molar-refractivity contribution in [1.82, 2.24) is 4.90 Å². The molecule has 2 rings (SSSR count). The Balaban J connectivity index is 0.00000220. The Labute approximate surface area is 138 Å². The Morgan fingerprint density at radius 2 is 2.00 bits per heavy atom. The standard InChI is InChI=1S/C16H24N2OS.ClH/c1-16(2)11-18(9-8-14(16)17)15(19)13-6-4-12(5-7-13)10-20-3;/h4-7,14H,8-11,17H2,1-3H3;1H. The van der Waals surface area contributed by atoms with Crippen LogP contribution in [0.15, 0.2) is 24.3 Å². The fraction of sp³-hybridized carbons (Fsp3) is 0.562. The van der Waals surface area contributed by atoms with Crippen LogP contribution in [0.1, 0.15) is 36.2 Å². The third-order valence-corrected chi connectivity index (χ3v) is 4.73. The van der Waals surface area contributed by atoms with E-state index in [2.05, 4.69) is 20.1 Å². The zero-order valence-electron chi connectivity index (χ0n) is 13.0. The Morgan fingerprint density at radius 3 is 2.52 bits per heavy atom. The Bertz CT molecular complexity index is 476. The summed E-state index contributed by atoms with van der Waals surface area (Å²) in [6.45, 7) is 5.77. The van der Waals surface area contributed by atoms with Crippen molar-refractivity contribution >= 4 is 30.1 Å². The van der Waals surface area contributed by atoms with Gasteiger partial charge in [-0.05, 0) is 35.8 Å². The lowest BCUT2D eigenvalue weighted by atomic mass is 9.79. The Kier molecular flexibility index (Phi) is 6.57. The average Bonchev–Trinajstić information content (AvgIpc) is 2.42. The van der Waals surface area contributed by atoms with Gasteiger partial charge >= 0.3 is 0 Å². The number of halogens is 1. The molecule has 2 N–H and O–H groups in total. The third-order valence-electron chi connectivity index (χ3n) is 4.11. The first kappa shape index (κ1) is 18.3. The molecule has 1 aromatic rings. The largest absolute Gasteiger partial charge is 0.338 e. The van der Waals surface area contributed by atoms with E-state index in [-0.39, 0.29) is 29.8 Å². The molecular formula is C16H25ClN2OS. The number of carbonyl (C=O) groups excluding carboxylic acids is 1.